The first-order valence-electron chi connectivity index (χ1n) is 8.52. The van der Waals surface area contributed by atoms with Crippen LogP contribution in [0.15, 0.2) is 42.5 Å². The predicted molar refractivity (Wildman–Crippen MR) is 97.6 cm³/mol. The van der Waals surface area contributed by atoms with Crippen molar-refractivity contribution in [3.63, 3.8) is 0 Å². The summed E-state index contributed by atoms with van der Waals surface area (Å²) in [6.45, 7) is 3.45. The Bertz CT molecular complexity index is 760. The summed E-state index contributed by atoms with van der Waals surface area (Å²) in [7, 11) is 1.56. The fourth-order valence-corrected chi connectivity index (χ4v) is 3.24. The van der Waals surface area contributed by atoms with Gasteiger partial charge in [-0.1, -0.05) is 24.3 Å². The van der Waals surface area contributed by atoms with Gasteiger partial charge in [-0.2, -0.15) is 0 Å². The van der Waals surface area contributed by atoms with Gasteiger partial charge in [0.15, 0.2) is 0 Å². The van der Waals surface area contributed by atoms with Gasteiger partial charge in [0.05, 0.1) is 19.8 Å². The molecule has 5 heteroatoms. The van der Waals surface area contributed by atoms with Gasteiger partial charge in [0.1, 0.15) is 5.75 Å². The molecule has 0 saturated carbocycles. The van der Waals surface area contributed by atoms with E-state index in [-0.39, 0.29) is 18.6 Å². The van der Waals surface area contributed by atoms with Crippen LogP contribution in [0.4, 0.5) is 5.69 Å². The fraction of sp³-hybridized carbons (Fsp3) is 0.350. The highest BCUT2D eigenvalue weighted by Crippen LogP contribution is 2.24. The first-order valence-corrected chi connectivity index (χ1v) is 8.52. The van der Waals surface area contributed by atoms with Crippen molar-refractivity contribution in [2.45, 2.75) is 32.5 Å². The summed E-state index contributed by atoms with van der Waals surface area (Å²) in [5.74, 6) is 0.564. The highest BCUT2D eigenvalue weighted by molar-refractivity contribution is 5.94. The third-order valence-corrected chi connectivity index (χ3v) is 4.81. The van der Waals surface area contributed by atoms with Crippen LogP contribution in [0.3, 0.4) is 0 Å². The number of rotatable bonds is 5. The molecular weight excluding hydrogens is 316 g/mol. The van der Waals surface area contributed by atoms with Gasteiger partial charge in [-0.05, 0) is 42.7 Å². The van der Waals surface area contributed by atoms with Gasteiger partial charge >= 0.3 is 0 Å². The average molecular weight is 340 g/mol. The molecule has 1 amide bonds. The Labute approximate surface area is 148 Å². The lowest BCUT2D eigenvalue weighted by Gasteiger charge is -2.32. The molecule has 0 aliphatic carbocycles. The number of fused-ring (bicyclic) bond motifs is 1. The van der Waals surface area contributed by atoms with Crippen LogP contribution in [0.25, 0.3) is 0 Å². The molecule has 1 unspecified atom stereocenters. The Hall–Kier alpha value is -2.37. The number of hydrogen-bond donors (Lipinski definition) is 2. The van der Waals surface area contributed by atoms with Gasteiger partial charge in [-0.15, -0.1) is 0 Å². The van der Waals surface area contributed by atoms with Gasteiger partial charge in [0, 0.05) is 24.3 Å². The van der Waals surface area contributed by atoms with Crippen molar-refractivity contribution in [3.8, 4) is 5.75 Å². The number of benzene rings is 2. The number of hydrogen-bond acceptors (Lipinski definition) is 4. The molecule has 132 valence electrons. The largest absolute Gasteiger partial charge is 0.496 e. The van der Waals surface area contributed by atoms with Crippen LogP contribution in [-0.4, -0.2) is 35.6 Å². The Morgan fingerprint density at radius 2 is 2.04 bits per heavy atom. The topological polar surface area (TPSA) is 61.8 Å². The summed E-state index contributed by atoms with van der Waals surface area (Å²) < 4.78 is 5.19. The second-order valence-corrected chi connectivity index (χ2v) is 6.34. The lowest BCUT2D eigenvalue weighted by molar-refractivity contribution is -0.121. The number of nitrogens with zero attached hydrogens (tertiary/aromatic N) is 1. The van der Waals surface area contributed by atoms with Crippen molar-refractivity contribution < 1.29 is 14.6 Å². The Morgan fingerprint density at radius 1 is 1.28 bits per heavy atom. The quantitative estimate of drug-likeness (QED) is 0.878. The number of aliphatic hydroxyl groups is 1. The van der Waals surface area contributed by atoms with E-state index in [1.807, 2.05) is 13.0 Å². The van der Waals surface area contributed by atoms with Crippen molar-refractivity contribution in [1.29, 1.82) is 0 Å². The van der Waals surface area contributed by atoms with E-state index in [9.17, 15) is 9.90 Å². The standard InChI is InChI=1S/C20H24N2O3/c1-14(22-10-9-15-5-3-4-6-16(15)12-22)20(24)21-18-7-8-19(25-2)17(11-18)13-23/h3-8,11,14,23H,9-10,12-13H2,1-2H3,(H,21,24). The zero-order chi connectivity index (χ0) is 17.8. The zero-order valence-corrected chi connectivity index (χ0v) is 14.7. The summed E-state index contributed by atoms with van der Waals surface area (Å²) in [5.41, 5.74) is 3.98. The van der Waals surface area contributed by atoms with E-state index < -0.39 is 0 Å². The van der Waals surface area contributed by atoms with E-state index >= 15 is 0 Å². The molecule has 3 rings (SSSR count). The molecule has 2 aromatic carbocycles. The van der Waals surface area contributed by atoms with Crippen LogP contribution in [0, 0.1) is 0 Å². The third kappa shape index (κ3) is 3.83. The van der Waals surface area contributed by atoms with E-state index in [2.05, 4.69) is 28.4 Å². The van der Waals surface area contributed by atoms with Gasteiger partial charge in [0.25, 0.3) is 0 Å². The summed E-state index contributed by atoms with van der Waals surface area (Å²) in [5, 5.41) is 12.4. The molecule has 0 spiro atoms. The molecule has 0 fully saturated rings. The lowest BCUT2D eigenvalue weighted by Crippen LogP contribution is -2.44. The van der Waals surface area contributed by atoms with Gasteiger partial charge in [0.2, 0.25) is 5.91 Å². The molecule has 0 radical (unpaired) electrons. The van der Waals surface area contributed by atoms with Gasteiger partial charge < -0.3 is 15.2 Å². The minimum atomic E-state index is -0.229. The van der Waals surface area contributed by atoms with Crippen LogP contribution >= 0.6 is 0 Å². The number of carbonyl (C=O) groups excluding carboxylic acids is 1. The first kappa shape index (κ1) is 17.5. The normalized spacial score (nSPS) is 15.3. The van der Waals surface area contributed by atoms with E-state index in [4.69, 9.17) is 4.74 Å². The second-order valence-electron chi connectivity index (χ2n) is 6.34. The van der Waals surface area contributed by atoms with Crippen molar-refractivity contribution in [1.82, 2.24) is 4.90 Å². The molecule has 0 aromatic heterocycles. The Balaban J connectivity index is 1.67. The number of carbonyl (C=O) groups is 1. The number of aliphatic hydroxyl groups excluding tert-OH is 1. The number of methoxy groups -OCH3 is 1. The maximum Gasteiger partial charge on any atom is 0.241 e. The first-order chi connectivity index (χ1) is 12.1. The molecule has 0 bridgehead atoms. The third-order valence-electron chi connectivity index (χ3n) is 4.81. The molecule has 1 aliphatic rings. The lowest BCUT2D eigenvalue weighted by atomic mass is 9.99. The molecule has 5 nitrogen and oxygen atoms in total. The van der Waals surface area contributed by atoms with E-state index in [1.165, 1.54) is 11.1 Å². The van der Waals surface area contributed by atoms with Gasteiger partial charge in [-0.25, -0.2) is 0 Å². The van der Waals surface area contributed by atoms with Crippen LogP contribution in [0.5, 0.6) is 5.75 Å². The van der Waals surface area contributed by atoms with E-state index in [0.717, 1.165) is 19.5 Å². The van der Waals surface area contributed by atoms with Crippen LogP contribution in [0.2, 0.25) is 0 Å². The molecule has 2 aromatic rings. The summed E-state index contributed by atoms with van der Waals surface area (Å²) in [6, 6.07) is 13.4. The summed E-state index contributed by atoms with van der Waals surface area (Å²) in [6.07, 6.45) is 0.963. The van der Waals surface area contributed by atoms with Crippen molar-refractivity contribution in [3.05, 3.63) is 59.2 Å². The van der Waals surface area contributed by atoms with Crippen LogP contribution in [0.1, 0.15) is 23.6 Å². The molecule has 2 N–H and O–H groups in total. The number of amides is 1. The number of ether oxygens (including phenoxy) is 1. The van der Waals surface area contributed by atoms with Crippen molar-refractivity contribution in [2.24, 2.45) is 0 Å². The second kappa shape index (κ2) is 7.68. The van der Waals surface area contributed by atoms with Crippen LogP contribution in [-0.2, 0) is 24.4 Å². The number of nitrogens with one attached hydrogen (secondary N) is 1. The molecule has 1 heterocycles. The molecule has 25 heavy (non-hydrogen) atoms. The minimum absolute atomic E-state index is 0.0477. The van der Waals surface area contributed by atoms with E-state index in [0.29, 0.717) is 17.0 Å². The average Bonchev–Trinajstić information content (AvgIpc) is 2.66. The van der Waals surface area contributed by atoms with Crippen LogP contribution < -0.4 is 10.1 Å². The highest BCUT2D eigenvalue weighted by Gasteiger charge is 2.25. The summed E-state index contributed by atoms with van der Waals surface area (Å²) in [4.78, 5) is 14.8. The Morgan fingerprint density at radius 3 is 2.76 bits per heavy atom. The monoisotopic (exact) mass is 340 g/mol. The maximum atomic E-state index is 12.6. The predicted octanol–water partition coefficient (Wildman–Crippen LogP) is 2.57. The smallest absolute Gasteiger partial charge is 0.241 e. The molecule has 1 atom stereocenters. The number of anilines is 1. The maximum absolute atomic E-state index is 12.6. The molecular formula is C20H24N2O3. The van der Waals surface area contributed by atoms with Gasteiger partial charge in [-0.3, -0.25) is 9.69 Å². The van der Waals surface area contributed by atoms with E-state index in [1.54, 1.807) is 25.3 Å². The summed E-state index contributed by atoms with van der Waals surface area (Å²) >= 11 is 0. The highest BCUT2D eigenvalue weighted by atomic mass is 16.5. The fourth-order valence-electron chi connectivity index (χ4n) is 3.24. The van der Waals surface area contributed by atoms with Crippen molar-refractivity contribution >= 4 is 11.6 Å². The minimum Gasteiger partial charge on any atom is -0.496 e. The molecule has 1 aliphatic heterocycles. The zero-order valence-electron chi connectivity index (χ0n) is 14.7. The molecule has 0 saturated heterocycles. The SMILES string of the molecule is COc1ccc(NC(=O)C(C)N2CCc3ccccc3C2)cc1CO. The Kier molecular flexibility index (Phi) is 5.36. The van der Waals surface area contributed by atoms with Crippen molar-refractivity contribution in [2.75, 3.05) is 19.0 Å².